The zero-order valence-corrected chi connectivity index (χ0v) is 14.7. The Morgan fingerprint density at radius 3 is 2.56 bits per heavy atom. The second-order valence-electron chi connectivity index (χ2n) is 5.80. The van der Waals surface area contributed by atoms with E-state index in [4.69, 9.17) is 5.11 Å². The Bertz CT molecular complexity index is 1170. The van der Waals surface area contributed by atoms with Gasteiger partial charge < -0.3 is 15.5 Å². The van der Waals surface area contributed by atoms with Crippen molar-refractivity contribution < 1.29 is 19.8 Å². The smallest absolute Gasteiger partial charge is 0.322 e. The summed E-state index contributed by atoms with van der Waals surface area (Å²) in [6, 6.07) is 11.4. The second kappa shape index (κ2) is 6.65. The molecule has 27 heavy (non-hydrogen) atoms. The Morgan fingerprint density at radius 1 is 1.07 bits per heavy atom. The lowest BCUT2D eigenvalue weighted by Gasteiger charge is -2.11. The number of benzene rings is 2. The van der Waals surface area contributed by atoms with Crippen molar-refractivity contribution in [2.45, 2.75) is 0 Å². The summed E-state index contributed by atoms with van der Waals surface area (Å²) in [6.45, 7) is -0.557. The van der Waals surface area contributed by atoms with Crippen LogP contribution in [0.4, 0.5) is 0 Å². The van der Waals surface area contributed by atoms with E-state index in [1.165, 1.54) is 18.5 Å². The van der Waals surface area contributed by atoms with Crippen LogP contribution in [0.5, 0.6) is 5.75 Å². The number of rotatable bonds is 4. The van der Waals surface area contributed by atoms with Gasteiger partial charge in [-0.15, -0.1) is 11.3 Å². The fraction of sp³-hybridized carbons (Fsp3) is 0.0526. The molecule has 2 aromatic heterocycles. The van der Waals surface area contributed by atoms with E-state index in [-0.39, 0.29) is 16.8 Å². The molecule has 0 aliphatic rings. The zero-order chi connectivity index (χ0) is 19.0. The topological polar surface area (TPSA) is 112 Å². The lowest BCUT2D eigenvalue weighted by Crippen LogP contribution is -2.29. The molecular weight excluding hydrogens is 366 g/mol. The van der Waals surface area contributed by atoms with Crippen LogP contribution in [0.1, 0.15) is 10.4 Å². The first kappa shape index (κ1) is 16.9. The quantitative estimate of drug-likeness (QED) is 0.502. The van der Waals surface area contributed by atoms with Gasteiger partial charge in [-0.1, -0.05) is 18.2 Å². The van der Waals surface area contributed by atoms with Gasteiger partial charge in [0.2, 0.25) is 0 Å². The molecule has 0 aliphatic carbocycles. The first-order chi connectivity index (χ1) is 13.0. The number of carbonyl (C=O) groups excluding carboxylic acids is 1. The normalized spacial score (nSPS) is 11.0. The van der Waals surface area contributed by atoms with Crippen molar-refractivity contribution in [1.82, 2.24) is 15.3 Å². The number of nitrogens with one attached hydrogen (secondary N) is 1. The predicted molar refractivity (Wildman–Crippen MR) is 102 cm³/mol. The Balaban J connectivity index is 1.90. The highest BCUT2D eigenvalue weighted by atomic mass is 32.1. The van der Waals surface area contributed by atoms with Crippen LogP contribution < -0.4 is 5.32 Å². The van der Waals surface area contributed by atoms with Crippen molar-refractivity contribution in [3.8, 4) is 16.2 Å². The number of thiophene rings is 1. The highest BCUT2D eigenvalue weighted by Gasteiger charge is 2.21. The summed E-state index contributed by atoms with van der Waals surface area (Å²) < 4.78 is 1.09. The van der Waals surface area contributed by atoms with Crippen molar-refractivity contribution in [3.05, 3.63) is 54.4 Å². The van der Waals surface area contributed by atoms with Gasteiger partial charge >= 0.3 is 5.97 Å². The van der Waals surface area contributed by atoms with Gasteiger partial charge in [0, 0.05) is 27.5 Å². The molecule has 4 rings (SSSR count). The first-order valence-corrected chi connectivity index (χ1v) is 8.82. The Kier molecular flexibility index (Phi) is 4.17. The number of hydrogen-bond acceptors (Lipinski definition) is 6. The van der Waals surface area contributed by atoms with Gasteiger partial charge in [0.25, 0.3) is 5.91 Å². The van der Waals surface area contributed by atoms with E-state index in [9.17, 15) is 14.7 Å². The molecule has 2 aromatic carbocycles. The number of aliphatic carboxylic acids is 1. The number of phenols is 1. The molecule has 0 saturated carbocycles. The number of fused-ring (bicyclic) bond motifs is 2. The van der Waals surface area contributed by atoms with E-state index in [0.717, 1.165) is 15.0 Å². The molecule has 0 spiro atoms. The van der Waals surface area contributed by atoms with Crippen LogP contribution in [0.15, 0.2) is 48.8 Å². The van der Waals surface area contributed by atoms with Gasteiger partial charge in [-0.2, -0.15) is 0 Å². The molecule has 2 heterocycles. The SMILES string of the molecule is O=C(O)CNC(=O)c1c(O)cc(-c2cc3ccccc3s2)c2nccnc12. The molecule has 8 heteroatoms. The number of phenolic OH excluding ortho intramolecular Hbond substituents is 1. The number of aromatic nitrogens is 2. The molecule has 0 fully saturated rings. The van der Waals surface area contributed by atoms with Crippen molar-refractivity contribution in [1.29, 1.82) is 0 Å². The lowest BCUT2D eigenvalue weighted by atomic mass is 10.0. The third kappa shape index (κ3) is 3.06. The summed E-state index contributed by atoms with van der Waals surface area (Å²) in [5.74, 6) is -2.18. The minimum Gasteiger partial charge on any atom is -0.507 e. The van der Waals surface area contributed by atoms with E-state index in [0.29, 0.717) is 11.1 Å². The van der Waals surface area contributed by atoms with E-state index in [2.05, 4.69) is 15.3 Å². The van der Waals surface area contributed by atoms with Crippen LogP contribution in [0.25, 0.3) is 31.6 Å². The molecule has 0 unspecified atom stereocenters. The van der Waals surface area contributed by atoms with Crippen molar-refractivity contribution in [2.75, 3.05) is 6.54 Å². The number of nitrogens with zero attached hydrogens (tertiary/aromatic N) is 2. The maximum atomic E-state index is 12.4. The van der Waals surface area contributed by atoms with Crippen LogP contribution >= 0.6 is 11.3 Å². The largest absolute Gasteiger partial charge is 0.507 e. The summed E-state index contributed by atoms with van der Waals surface area (Å²) in [7, 11) is 0. The number of carboxylic acids is 1. The molecule has 0 radical (unpaired) electrons. The minimum absolute atomic E-state index is 0.0933. The number of carbonyl (C=O) groups is 2. The van der Waals surface area contributed by atoms with Gasteiger partial charge in [-0.05, 0) is 23.6 Å². The lowest BCUT2D eigenvalue weighted by molar-refractivity contribution is -0.135. The fourth-order valence-electron chi connectivity index (χ4n) is 2.89. The van der Waals surface area contributed by atoms with Crippen LogP contribution in [0.3, 0.4) is 0 Å². The van der Waals surface area contributed by atoms with E-state index in [1.54, 1.807) is 11.3 Å². The molecule has 3 N–H and O–H groups in total. The van der Waals surface area contributed by atoms with Crippen LogP contribution in [-0.2, 0) is 4.79 Å². The van der Waals surface area contributed by atoms with Gasteiger partial charge in [0.05, 0.1) is 5.52 Å². The summed E-state index contributed by atoms with van der Waals surface area (Å²) in [6.07, 6.45) is 2.93. The van der Waals surface area contributed by atoms with E-state index >= 15 is 0 Å². The molecule has 4 aromatic rings. The molecule has 7 nitrogen and oxygen atoms in total. The van der Waals surface area contributed by atoms with Gasteiger partial charge in [-0.25, -0.2) is 0 Å². The summed E-state index contributed by atoms with van der Waals surface area (Å²) in [4.78, 5) is 32.5. The molecule has 1 amide bonds. The maximum absolute atomic E-state index is 12.4. The standard InChI is InChI=1S/C19H13N3O4S/c23-12-8-11(14-7-10-3-1-2-4-13(10)27-14)17-18(21-6-5-20-17)16(12)19(26)22-9-15(24)25/h1-8,23H,9H2,(H,22,26)(H,24,25). The fourth-order valence-corrected chi connectivity index (χ4v) is 3.97. The third-order valence-electron chi connectivity index (χ3n) is 4.05. The average molecular weight is 379 g/mol. The summed E-state index contributed by atoms with van der Waals surface area (Å²) >= 11 is 1.55. The number of hydrogen-bond donors (Lipinski definition) is 3. The van der Waals surface area contributed by atoms with Crippen LogP contribution in [-0.4, -0.2) is 38.6 Å². The Morgan fingerprint density at radius 2 is 1.81 bits per heavy atom. The Hall–Kier alpha value is -3.52. The number of amides is 1. The monoisotopic (exact) mass is 379 g/mol. The summed E-state index contributed by atoms with van der Waals surface area (Å²) in [5, 5.41) is 22.6. The zero-order valence-electron chi connectivity index (χ0n) is 13.8. The molecule has 0 aliphatic heterocycles. The summed E-state index contributed by atoms with van der Waals surface area (Å²) in [5.41, 5.74) is 1.24. The van der Waals surface area contributed by atoms with E-state index in [1.807, 2.05) is 30.3 Å². The maximum Gasteiger partial charge on any atom is 0.322 e. The van der Waals surface area contributed by atoms with Gasteiger partial charge in [0.1, 0.15) is 23.4 Å². The van der Waals surface area contributed by atoms with Gasteiger partial charge in [-0.3, -0.25) is 19.6 Å². The first-order valence-electron chi connectivity index (χ1n) is 8.00. The number of aromatic hydroxyl groups is 1. The predicted octanol–water partition coefficient (Wildman–Crippen LogP) is 3.03. The van der Waals surface area contributed by atoms with Crippen molar-refractivity contribution in [3.63, 3.8) is 0 Å². The van der Waals surface area contributed by atoms with Crippen molar-refractivity contribution in [2.24, 2.45) is 0 Å². The highest BCUT2D eigenvalue weighted by Crippen LogP contribution is 2.39. The third-order valence-corrected chi connectivity index (χ3v) is 5.19. The Labute approximate surface area is 156 Å². The van der Waals surface area contributed by atoms with Gasteiger partial charge in [0.15, 0.2) is 0 Å². The van der Waals surface area contributed by atoms with Crippen LogP contribution in [0, 0.1) is 0 Å². The van der Waals surface area contributed by atoms with E-state index < -0.39 is 18.4 Å². The molecule has 0 atom stereocenters. The molecule has 0 bridgehead atoms. The van der Waals surface area contributed by atoms with Crippen LogP contribution in [0.2, 0.25) is 0 Å². The second-order valence-corrected chi connectivity index (χ2v) is 6.88. The minimum atomic E-state index is -1.18. The molecule has 0 saturated heterocycles. The molecular formula is C19H13N3O4S. The number of carboxylic acid groups (broad SMARTS) is 1. The highest BCUT2D eigenvalue weighted by molar-refractivity contribution is 7.22. The molecule has 134 valence electrons. The van der Waals surface area contributed by atoms with Crippen molar-refractivity contribution >= 4 is 44.3 Å². The average Bonchev–Trinajstić information content (AvgIpc) is 3.09.